The van der Waals surface area contributed by atoms with Crippen molar-refractivity contribution in [3.05, 3.63) is 0 Å². The largest absolute Gasteiger partial charge is 0.386 e. The van der Waals surface area contributed by atoms with E-state index in [4.69, 9.17) is 0 Å². The highest BCUT2D eigenvalue weighted by molar-refractivity contribution is 5.83. The van der Waals surface area contributed by atoms with E-state index in [0.717, 1.165) is 25.2 Å². The molecule has 2 saturated heterocycles. The first-order chi connectivity index (χ1) is 9.61. The van der Waals surface area contributed by atoms with Crippen molar-refractivity contribution in [1.29, 1.82) is 0 Å². The van der Waals surface area contributed by atoms with Crippen LogP contribution in [0.25, 0.3) is 0 Å². The Bertz CT molecular complexity index is 365. The maximum absolute atomic E-state index is 12.5. The average molecular weight is 280 g/mol. The Morgan fingerprint density at radius 2 is 2.00 bits per heavy atom. The molecule has 0 spiro atoms. The van der Waals surface area contributed by atoms with Crippen molar-refractivity contribution < 1.29 is 9.90 Å². The van der Waals surface area contributed by atoms with Crippen LogP contribution in [0.15, 0.2) is 0 Å². The number of hydrogen-bond donors (Lipinski definition) is 2. The Labute approximate surface area is 121 Å². The average Bonchev–Trinajstić information content (AvgIpc) is 2.43. The molecular weight excluding hydrogens is 252 g/mol. The zero-order chi connectivity index (χ0) is 14.2. The third-order valence-corrected chi connectivity index (χ3v) is 5.45. The van der Waals surface area contributed by atoms with Gasteiger partial charge in [-0.25, -0.2) is 0 Å². The highest BCUT2D eigenvalue weighted by Crippen LogP contribution is 2.34. The molecule has 114 valence electrons. The number of piperidine rings is 1. The molecule has 3 aliphatic rings. The zero-order valence-electron chi connectivity index (χ0n) is 12.6. The lowest BCUT2D eigenvalue weighted by molar-refractivity contribution is -0.160. The van der Waals surface area contributed by atoms with Crippen LogP contribution in [-0.2, 0) is 4.79 Å². The van der Waals surface area contributed by atoms with Crippen LogP contribution in [0, 0.1) is 5.92 Å². The Balaban J connectivity index is 1.51. The Hall–Kier alpha value is -0.610. The molecule has 0 bridgehead atoms. The fraction of sp³-hybridized carbons (Fsp3) is 0.938. The van der Waals surface area contributed by atoms with Gasteiger partial charge in [-0.3, -0.25) is 4.79 Å². The molecule has 2 aliphatic heterocycles. The van der Waals surface area contributed by atoms with Crippen molar-refractivity contribution in [3.8, 4) is 0 Å². The van der Waals surface area contributed by atoms with Crippen molar-refractivity contribution in [3.63, 3.8) is 0 Å². The molecule has 2 N–H and O–H groups in total. The summed E-state index contributed by atoms with van der Waals surface area (Å²) in [4.78, 5) is 14.3. The van der Waals surface area contributed by atoms with Crippen molar-refractivity contribution in [1.82, 2.24) is 10.2 Å². The van der Waals surface area contributed by atoms with E-state index in [1.807, 2.05) is 4.90 Å². The monoisotopic (exact) mass is 280 g/mol. The summed E-state index contributed by atoms with van der Waals surface area (Å²) in [7, 11) is 0. The number of aliphatic hydroxyl groups is 1. The van der Waals surface area contributed by atoms with Crippen LogP contribution in [0.4, 0.5) is 0 Å². The molecule has 0 aromatic carbocycles. The summed E-state index contributed by atoms with van der Waals surface area (Å²) < 4.78 is 0. The van der Waals surface area contributed by atoms with Crippen LogP contribution in [0.5, 0.6) is 0 Å². The van der Waals surface area contributed by atoms with Gasteiger partial charge in [-0.15, -0.1) is 0 Å². The van der Waals surface area contributed by atoms with Crippen LogP contribution < -0.4 is 5.32 Å². The lowest BCUT2D eigenvalue weighted by atomic mass is 9.77. The van der Waals surface area contributed by atoms with Gasteiger partial charge in [0.05, 0.1) is 24.7 Å². The number of β-amino-alcohol motifs (C(OH)–C–C–N with tert-alkyl or cyclic N) is 1. The maximum Gasteiger partial charge on any atom is 0.239 e. The van der Waals surface area contributed by atoms with Gasteiger partial charge in [-0.05, 0) is 38.0 Å². The van der Waals surface area contributed by atoms with E-state index in [1.165, 1.54) is 32.1 Å². The van der Waals surface area contributed by atoms with Gasteiger partial charge in [0.2, 0.25) is 5.91 Å². The molecule has 1 aliphatic carbocycles. The van der Waals surface area contributed by atoms with E-state index in [0.29, 0.717) is 19.1 Å². The molecule has 0 radical (unpaired) electrons. The first-order valence-corrected chi connectivity index (χ1v) is 8.38. The number of nitrogens with zero attached hydrogens (tertiary/aromatic N) is 1. The highest BCUT2D eigenvalue weighted by atomic mass is 16.3. The van der Waals surface area contributed by atoms with Gasteiger partial charge in [-0.1, -0.05) is 26.2 Å². The summed E-state index contributed by atoms with van der Waals surface area (Å²) in [5, 5.41) is 13.8. The summed E-state index contributed by atoms with van der Waals surface area (Å²) in [6, 6.07) is 0.558. The molecule has 3 atom stereocenters. The normalized spacial score (nSPS) is 36.1. The van der Waals surface area contributed by atoms with E-state index in [9.17, 15) is 9.90 Å². The van der Waals surface area contributed by atoms with E-state index in [-0.39, 0.29) is 11.9 Å². The fourth-order valence-electron chi connectivity index (χ4n) is 4.35. The molecule has 4 nitrogen and oxygen atoms in total. The summed E-state index contributed by atoms with van der Waals surface area (Å²) in [6.45, 7) is 3.15. The molecular formula is C16H28N2O2. The van der Waals surface area contributed by atoms with Crippen LogP contribution in [0.3, 0.4) is 0 Å². The molecule has 3 rings (SSSR count). The first kappa shape index (κ1) is 14.3. The predicted octanol–water partition coefficient (Wildman–Crippen LogP) is 1.67. The fourth-order valence-corrected chi connectivity index (χ4v) is 4.35. The molecule has 1 saturated carbocycles. The molecule has 4 heteroatoms. The molecule has 3 unspecified atom stereocenters. The second kappa shape index (κ2) is 5.64. The van der Waals surface area contributed by atoms with Crippen molar-refractivity contribution in [2.24, 2.45) is 5.92 Å². The maximum atomic E-state index is 12.5. The van der Waals surface area contributed by atoms with Gasteiger partial charge in [0.15, 0.2) is 0 Å². The summed E-state index contributed by atoms with van der Waals surface area (Å²) in [5.41, 5.74) is -0.605. The van der Waals surface area contributed by atoms with E-state index in [2.05, 4.69) is 12.2 Å². The third-order valence-electron chi connectivity index (χ3n) is 5.45. The van der Waals surface area contributed by atoms with E-state index in [1.54, 1.807) is 0 Å². The summed E-state index contributed by atoms with van der Waals surface area (Å²) in [5.74, 6) is 1.01. The van der Waals surface area contributed by atoms with Crippen LogP contribution in [-0.4, -0.2) is 46.7 Å². The quantitative estimate of drug-likeness (QED) is 0.827. The van der Waals surface area contributed by atoms with E-state index < -0.39 is 5.60 Å². The minimum absolute atomic E-state index is 0.000488. The van der Waals surface area contributed by atoms with Crippen molar-refractivity contribution in [2.75, 3.05) is 13.1 Å². The summed E-state index contributed by atoms with van der Waals surface area (Å²) in [6.07, 6.45) is 9.17. The van der Waals surface area contributed by atoms with Gasteiger partial charge >= 0.3 is 0 Å². The van der Waals surface area contributed by atoms with Crippen LogP contribution >= 0.6 is 0 Å². The first-order valence-electron chi connectivity index (χ1n) is 8.38. The Kier molecular flexibility index (Phi) is 4.04. The van der Waals surface area contributed by atoms with Crippen LogP contribution in [0.2, 0.25) is 0 Å². The molecule has 20 heavy (non-hydrogen) atoms. The van der Waals surface area contributed by atoms with Gasteiger partial charge < -0.3 is 15.3 Å². The standard InChI is InChI=1S/C16H28N2O2/c1-2-9-16(20)10-18(11-16)15(19)14-8-7-12-5-3-4-6-13(12)17-14/h12-14,17,20H,2-11H2,1H3. The predicted molar refractivity (Wildman–Crippen MR) is 78.3 cm³/mol. The van der Waals surface area contributed by atoms with Crippen molar-refractivity contribution in [2.45, 2.75) is 76.0 Å². The van der Waals surface area contributed by atoms with Gasteiger partial charge in [0, 0.05) is 6.04 Å². The molecule has 0 aromatic rings. The number of carbonyl (C=O) groups excluding carboxylic acids is 1. The smallest absolute Gasteiger partial charge is 0.239 e. The summed E-state index contributed by atoms with van der Waals surface area (Å²) >= 11 is 0. The molecule has 3 fully saturated rings. The van der Waals surface area contributed by atoms with Crippen LogP contribution in [0.1, 0.15) is 58.3 Å². The lowest BCUT2D eigenvalue weighted by Gasteiger charge is -2.49. The number of rotatable bonds is 3. The minimum Gasteiger partial charge on any atom is -0.386 e. The third kappa shape index (κ3) is 2.73. The second-order valence-electron chi connectivity index (χ2n) is 7.12. The number of nitrogens with one attached hydrogen (secondary N) is 1. The van der Waals surface area contributed by atoms with Gasteiger partial charge in [0.25, 0.3) is 0 Å². The zero-order valence-corrected chi connectivity index (χ0v) is 12.6. The van der Waals surface area contributed by atoms with E-state index >= 15 is 0 Å². The van der Waals surface area contributed by atoms with Gasteiger partial charge in [-0.2, -0.15) is 0 Å². The topological polar surface area (TPSA) is 52.6 Å². The number of amides is 1. The van der Waals surface area contributed by atoms with Gasteiger partial charge in [0.1, 0.15) is 0 Å². The number of fused-ring (bicyclic) bond motifs is 1. The Morgan fingerprint density at radius 3 is 2.75 bits per heavy atom. The second-order valence-corrected chi connectivity index (χ2v) is 7.12. The SMILES string of the molecule is CCCC1(O)CN(C(=O)C2CCC3CCCCC3N2)C1. The minimum atomic E-state index is -0.605. The highest BCUT2D eigenvalue weighted by Gasteiger charge is 2.45. The molecule has 0 aromatic heterocycles. The molecule has 1 amide bonds. The number of carbonyl (C=O) groups is 1. The number of hydrogen-bond acceptors (Lipinski definition) is 3. The van der Waals surface area contributed by atoms with Crippen molar-refractivity contribution >= 4 is 5.91 Å². The lowest BCUT2D eigenvalue weighted by Crippen LogP contribution is -2.67. The Morgan fingerprint density at radius 1 is 1.25 bits per heavy atom. The molecule has 2 heterocycles. The number of likely N-dealkylation sites (tertiary alicyclic amines) is 1.